The van der Waals surface area contributed by atoms with Crippen LogP contribution in [0.4, 0.5) is 0 Å². The minimum Gasteiger partial charge on any atom is -0.463 e. The summed E-state index contributed by atoms with van der Waals surface area (Å²) >= 11 is 5.61. The lowest BCUT2D eigenvalue weighted by Crippen LogP contribution is -1.79. The summed E-state index contributed by atoms with van der Waals surface area (Å²) in [5.41, 5.74) is 2.65. The Bertz CT molecular complexity index is 369. The van der Waals surface area contributed by atoms with E-state index >= 15 is 0 Å². The molecule has 2 aromatic heterocycles. The summed E-state index contributed by atoms with van der Waals surface area (Å²) in [6.07, 6.45) is 3.38. The first-order chi connectivity index (χ1) is 5.40. The number of hydrogen-bond acceptors (Lipinski definition) is 2. The maximum absolute atomic E-state index is 5.61. The summed E-state index contributed by atoms with van der Waals surface area (Å²) in [6, 6.07) is 3.72. The minimum absolute atomic E-state index is 0.476. The second kappa shape index (κ2) is 2.55. The standard InChI is InChI=1S/C8H6ClNO/c9-4-6-3-8-7(10-5-6)1-2-11-8/h1-3,5H,4H2. The van der Waals surface area contributed by atoms with Gasteiger partial charge in [-0.25, -0.2) is 0 Å². The topological polar surface area (TPSA) is 26.0 Å². The first-order valence-corrected chi connectivity index (χ1v) is 3.82. The van der Waals surface area contributed by atoms with Gasteiger partial charge in [0.15, 0.2) is 5.58 Å². The molecule has 0 N–H and O–H groups in total. The Kier molecular flexibility index (Phi) is 1.55. The van der Waals surface area contributed by atoms with Crippen molar-refractivity contribution in [2.75, 3.05) is 0 Å². The molecule has 2 aromatic rings. The largest absolute Gasteiger partial charge is 0.463 e. The highest BCUT2D eigenvalue weighted by atomic mass is 35.5. The fourth-order valence-corrected chi connectivity index (χ4v) is 1.11. The quantitative estimate of drug-likeness (QED) is 0.611. The Morgan fingerprint density at radius 1 is 1.55 bits per heavy atom. The van der Waals surface area contributed by atoms with Gasteiger partial charge in [-0.2, -0.15) is 0 Å². The van der Waals surface area contributed by atoms with Gasteiger partial charge in [-0.05, 0) is 11.6 Å². The molecular formula is C8H6ClNO. The average Bonchev–Trinajstić information content (AvgIpc) is 2.50. The van der Waals surface area contributed by atoms with E-state index in [4.69, 9.17) is 16.0 Å². The molecule has 0 amide bonds. The van der Waals surface area contributed by atoms with Crippen LogP contribution < -0.4 is 0 Å². The fourth-order valence-electron chi connectivity index (χ4n) is 0.960. The van der Waals surface area contributed by atoms with Gasteiger partial charge in [0.2, 0.25) is 0 Å². The van der Waals surface area contributed by atoms with Crippen molar-refractivity contribution in [2.24, 2.45) is 0 Å². The number of nitrogens with zero attached hydrogens (tertiary/aromatic N) is 1. The molecule has 11 heavy (non-hydrogen) atoms. The third-order valence-corrected chi connectivity index (χ3v) is 1.82. The zero-order chi connectivity index (χ0) is 7.68. The van der Waals surface area contributed by atoms with Crippen molar-refractivity contribution in [1.82, 2.24) is 4.98 Å². The molecular weight excluding hydrogens is 162 g/mol. The van der Waals surface area contributed by atoms with Crippen LogP contribution in [-0.2, 0) is 5.88 Å². The Labute approximate surface area is 68.8 Å². The number of pyridine rings is 1. The lowest BCUT2D eigenvalue weighted by atomic mass is 10.3. The molecule has 2 heterocycles. The first-order valence-electron chi connectivity index (χ1n) is 3.28. The maximum atomic E-state index is 5.61. The number of fused-ring (bicyclic) bond motifs is 1. The van der Waals surface area contributed by atoms with Crippen molar-refractivity contribution >= 4 is 22.7 Å². The molecule has 2 nitrogen and oxygen atoms in total. The van der Waals surface area contributed by atoms with Crippen molar-refractivity contribution in [1.29, 1.82) is 0 Å². The Balaban J connectivity index is 2.67. The van der Waals surface area contributed by atoms with Crippen LogP contribution in [-0.4, -0.2) is 4.98 Å². The van der Waals surface area contributed by atoms with E-state index in [0.717, 1.165) is 16.7 Å². The third kappa shape index (κ3) is 1.10. The molecule has 0 aliphatic heterocycles. The molecule has 0 saturated heterocycles. The molecule has 0 aromatic carbocycles. The van der Waals surface area contributed by atoms with E-state index in [2.05, 4.69) is 4.98 Å². The molecule has 2 rings (SSSR count). The van der Waals surface area contributed by atoms with Crippen molar-refractivity contribution in [3.63, 3.8) is 0 Å². The fraction of sp³-hybridized carbons (Fsp3) is 0.125. The summed E-state index contributed by atoms with van der Waals surface area (Å²) in [5.74, 6) is 0.476. The zero-order valence-electron chi connectivity index (χ0n) is 5.75. The van der Waals surface area contributed by atoms with Crippen molar-refractivity contribution in [3.8, 4) is 0 Å². The van der Waals surface area contributed by atoms with Crippen LogP contribution in [0.3, 0.4) is 0 Å². The van der Waals surface area contributed by atoms with Crippen LogP contribution in [0.1, 0.15) is 5.56 Å². The highest BCUT2D eigenvalue weighted by Crippen LogP contribution is 2.14. The molecule has 0 fully saturated rings. The van der Waals surface area contributed by atoms with E-state index < -0.39 is 0 Å². The highest BCUT2D eigenvalue weighted by molar-refractivity contribution is 6.17. The smallest absolute Gasteiger partial charge is 0.152 e. The van der Waals surface area contributed by atoms with E-state index in [1.807, 2.05) is 12.1 Å². The molecule has 0 saturated carbocycles. The Morgan fingerprint density at radius 2 is 2.45 bits per heavy atom. The van der Waals surface area contributed by atoms with Crippen LogP contribution in [0.15, 0.2) is 29.0 Å². The van der Waals surface area contributed by atoms with Gasteiger partial charge in [0.25, 0.3) is 0 Å². The molecule has 0 aliphatic carbocycles. The van der Waals surface area contributed by atoms with Crippen molar-refractivity contribution in [2.45, 2.75) is 5.88 Å². The second-order valence-electron chi connectivity index (χ2n) is 2.28. The van der Waals surface area contributed by atoms with Gasteiger partial charge in [0.1, 0.15) is 5.52 Å². The third-order valence-electron chi connectivity index (χ3n) is 1.51. The Hall–Kier alpha value is -1.02. The molecule has 0 atom stereocenters. The number of hydrogen-bond donors (Lipinski definition) is 0. The highest BCUT2D eigenvalue weighted by Gasteiger charge is 1.98. The summed E-state index contributed by atoms with van der Waals surface area (Å²) in [4.78, 5) is 4.13. The number of aromatic nitrogens is 1. The number of alkyl halides is 1. The van der Waals surface area contributed by atoms with Crippen molar-refractivity contribution in [3.05, 3.63) is 30.2 Å². The van der Waals surface area contributed by atoms with Gasteiger partial charge < -0.3 is 4.42 Å². The van der Waals surface area contributed by atoms with Crippen LogP contribution >= 0.6 is 11.6 Å². The van der Waals surface area contributed by atoms with Gasteiger partial charge in [-0.3, -0.25) is 4.98 Å². The van der Waals surface area contributed by atoms with Gasteiger partial charge >= 0.3 is 0 Å². The predicted octanol–water partition coefficient (Wildman–Crippen LogP) is 2.57. The second-order valence-corrected chi connectivity index (χ2v) is 2.55. The summed E-state index contributed by atoms with van der Waals surface area (Å²) in [7, 11) is 0. The van der Waals surface area contributed by atoms with Crippen LogP contribution in [0, 0.1) is 0 Å². The van der Waals surface area contributed by atoms with Gasteiger partial charge in [-0.1, -0.05) is 0 Å². The van der Waals surface area contributed by atoms with Crippen LogP contribution in [0.5, 0.6) is 0 Å². The molecule has 0 spiro atoms. The van der Waals surface area contributed by atoms with E-state index in [9.17, 15) is 0 Å². The summed E-state index contributed by atoms with van der Waals surface area (Å²) in [5, 5.41) is 0. The van der Waals surface area contributed by atoms with Crippen LogP contribution in [0.25, 0.3) is 11.1 Å². The minimum atomic E-state index is 0.476. The van der Waals surface area contributed by atoms with Gasteiger partial charge in [-0.15, -0.1) is 11.6 Å². The van der Waals surface area contributed by atoms with Crippen LogP contribution in [0.2, 0.25) is 0 Å². The monoisotopic (exact) mass is 167 g/mol. The van der Waals surface area contributed by atoms with E-state index in [1.165, 1.54) is 0 Å². The maximum Gasteiger partial charge on any atom is 0.152 e. The Morgan fingerprint density at radius 3 is 3.27 bits per heavy atom. The molecule has 0 aliphatic rings. The molecule has 0 bridgehead atoms. The molecule has 0 radical (unpaired) electrons. The summed E-state index contributed by atoms with van der Waals surface area (Å²) in [6.45, 7) is 0. The lowest BCUT2D eigenvalue weighted by molar-refractivity contribution is 0.615. The van der Waals surface area contributed by atoms with Crippen molar-refractivity contribution < 1.29 is 4.42 Å². The summed E-state index contributed by atoms with van der Waals surface area (Å²) < 4.78 is 5.14. The van der Waals surface area contributed by atoms with Gasteiger partial charge in [0, 0.05) is 18.1 Å². The predicted molar refractivity (Wildman–Crippen MR) is 43.6 cm³/mol. The SMILES string of the molecule is ClCc1cnc2ccoc2c1. The van der Waals surface area contributed by atoms with E-state index in [1.54, 1.807) is 12.5 Å². The first kappa shape index (κ1) is 6.68. The van der Waals surface area contributed by atoms with Gasteiger partial charge in [0.05, 0.1) is 6.26 Å². The number of halogens is 1. The number of furan rings is 1. The average molecular weight is 168 g/mol. The normalized spacial score (nSPS) is 10.6. The van der Waals surface area contributed by atoms with E-state index in [0.29, 0.717) is 5.88 Å². The zero-order valence-corrected chi connectivity index (χ0v) is 6.51. The molecule has 3 heteroatoms. The lowest BCUT2D eigenvalue weighted by Gasteiger charge is -1.91. The van der Waals surface area contributed by atoms with E-state index in [-0.39, 0.29) is 0 Å². The number of rotatable bonds is 1. The molecule has 56 valence electrons. The molecule has 0 unspecified atom stereocenters.